The van der Waals surface area contributed by atoms with Crippen molar-refractivity contribution in [1.82, 2.24) is 15.5 Å². The van der Waals surface area contributed by atoms with Gasteiger partial charge in [-0.1, -0.05) is 32.9 Å². The normalized spacial score (nSPS) is 24.8. The minimum Gasteiger partial charge on any atom is -0.479 e. The van der Waals surface area contributed by atoms with Crippen molar-refractivity contribution >= 4 is 11.9 Å². The van der Waals surface area contributed by atoms with E-state index in [0.29, 0.717) is 18.3 Å². The van der Waals surface area contributed by atoms with Gasteiger partial charge in [0.15, 0.2) is 5.82 Å². The number of rotatable bonds is 8. The number of carbonyl (C=O) groups excluding carboxylic acids is 1. The minimum atomic E-state index is -1.32. The van der Waals surface area contributed by atoms with Gasteiger partial charge in [-0.25, -0.2) is 4.79 Å². The molecule has 1 aliphatic carbocycles. The van der Waals surface area contributed by atoms with Crippen LogP contribution in [0, 0.1) is 5.41 Å². The maximum Gasteiger partial charge on any atom is 0.330 e. The second kappa shape index (κ2) is 7.11. The lowest BCUT2D eigenvalue weighted by Gasteiger charge is -2.58. The highest BCUT2D eigenvalue weighted by Crippen LogP contribution is 2.51. The van der Waals surface area contributed by atoms with Crippen molar-refractivity contribution in [3.8, 4) is 0 Å². The molecule has 0 bridgehead atoms. The molecule has 1 aromatic rings. The summed E-state index contributed by atoms with van der Waals surface area (Å²) < 4.78 is 10.7. The van der Waals surface area contributed by atoms with Crippen molar-refractivity contribution in [3.05, 3.63) is 11.7 Å². The number of carboxylic acid groups (broad SMARTS) is 1. The highest BCUT2D eigenvalue weighted by atomic mass is 16.5. The quantitative estimate of drug-likeness (QED) is 0.733. The number of nitrogens with one attached hydrogen (secondary N) is 1. The standard InChI is InChI=1S/C17H27N3O5/c1-6-24-11-9-17(15(22)23,16(11,4)5)19-12(21)7-8-13-18-14(10(2)3)20-25-13/h10-11H,6-9H2,1-5H3,(H,19,21)(H,22,23). The summed E-state index contributed by atoms with van der Waals surface area (Å²) in [6, 6.07) is 0. The number of aliphatic carboxylic acids is 1. The van der Waals surface area contributed by atoms with Crippen LogP contribution in [0.5, 0.6) is 0 Å². The molecule has 8 heteroatoms. The van der Waals surface area contributed by atoms with Crippen LogP contribution in [0.4, 0.5) is 0 Å². The van der Waals surface area contributed by atoms with Gasteiger partial charge in [-0.05, 0) is 6.92 Å². The summed E-state index contributed by atoms with van der Waals surface area (Å²) in [6.45, 7) is 9.88. The predicted molar refractivity (Wildman–Crippen MR) is 89.0 cm³/mol. The lowest BCUT2D eigenvalue weighted by atomic mass is 9.54. The van der Waals surface area contributed by atoms with Crippen molar-refractivity contribution in [3.63, 3.8) is 0 Å². The zero-order chi connectivity index (χ0) is 18.8. The molecule has 1 saturated carbocycles. The number of hydrogen-bond donors (Lipinski definition) is 2. The van der Waals surface area contributed by atoms with E-state index >= 15 is 0 Å². The molecule has 1 amide bonds. The maximum absolute atomic E-state index is 12.3. The van der Waals surface area contributed by atoms with Gasteiger partial charge < -0.3 is 19.7 Å². The van der Waals surface area contributed by atoms with Crippen LogP contribution in [0.3, 0.4) is 0 Å². The first-order valence-electron chi connectivity index (χ1n) is 8.62. The fourth-order valence-electron chi connectivity index (χ4n) is 3.16. The zero-order valence-electron chi connectivity index (χ0n) is 15.5. The molecule has 2 rings (SSSR count). The Bertz CT molecular complexity index is 640. The second-order valence-corrected chi connectivity index (χ2v) is 7.33. The van der Waals surface area contributed by atoms with Crippen LogP contribution in [0.2, 0.25) is 0 Å². The second-order valence-electron chi connectivity index (χ2n) is 7.33. The molecule has 1 aliphatic rings. The molecule has 2 unspecified atom stereocenters. The molecule has 1 aromatic heterocycles. The first-order valence-corrected chi connectivity index (χ1v) is 8.62. The van der Waals surface area contributed by atoms with Crippen LogP contribution in [-0.4, -0.2) is 45.4 Å². The Morgan fingerprint density at radius 2 is 2.12 bits per heavy atom. The number of ether oxygens (including phenoxy) is 1. The Hall–Kier alpha value is -1.96. The first-order chi connectivity index (χ1) is 11.6. The number of nitrogens with zero attached hydrogens (tertiary/aromatic N) is 2. The fourth-order valence-corrected chi connectivity index (χ4v) is 3.16. The first kappa shape index (κ1) is 19.4. The summed E-state index contributed by atoms with van der Waals surface area (Å²) in [5.74, 6) is -0.273. The van der Waals surface area contributed by atoms with E-state index in [9.17, 15) is 14.7 Å². The van der Waals surface area contributed by atoms with Crippen LogP contribution < -0.4 is 5.32 Å². The van der Waals surface area contributed by atoms with Gasteiger partial charge >= 0.3 is 5.97 Å². The molecule has 25 heavy (non-hydrogen) atoms. The van der Waals surface area contributed by atoms with E-state index in [-0.39, 0.29) is 37.2 Å². The molecular weight excluding hydrogens is 326 g/mol. The third-order valence-electron chi connectivity index (χ3n) is 5.05. The van der Waals surface area contributed by atoms with E-state index in [1.165, 1.54) is 0 Å². The van der Waals surface area contributed by atoms with E-state index < -0.39 is 16.9 Å². The van der Waals surface area contributed by atoms with Crippen LogP contribution in [0.1, 0.15) is 65.1 Å². The molecule has 0 saturated heterocycles. The third kappa shape index (κ3) is 3.53. The lowest BCUT2D eigenvalue weighted by Crippen LogP contribution is -2.76. The average Bonchev–Trinajstić information content (AvgIpc) is 3.00. The zero-order valence-corrected chi connectivity index (χ0v) is 15.5. The molecule has 0 radical (unpaired) electrons. The Morgan fingerprint density at radius 1 is 1.44 bits per heavy atom. The third-order valence-corrected chi connectivity index (χ3v) is 5.05. The van der Waals surface area contributed by atoms with Crippen LogP contribution in [0.25, 0.3) is 0 Å². The number of carboxylic acids is 1. The SMILES string of the molecule is CCOC1CC(NC(=O)CCc2nc(C(C)C)no2)(C(=O)O)C1(C)C. The largest absolute Gasteiger partial charge is 0.479 e. The van der Waals surface area contributed by atoms with E-state index in [1.54, 1.807) is 13.8 Å². The minimum absolute atomic E-state index is 0.0874. The van der Waals surface area contributed by atoms with E-state index in [2.05, 4.69) is 15.5 Å². The van der Waals surface area contributed by atoms with Gasteiger partial charge in [0, 0.05) is 37.2 Å². The van der Waals surface area contributed by atoms with E-state index in [4.69, 9.17) is 9.26 Å². The summed E-state index contributed by atoms with van der Waals surface area (Å²) in [4.78, 5) is 28.4. The highest BCUT2D eigenvalue weighted by molar-refractivity contribution is 5.89. The van der Waals surface area contributed by atoms with Crippen LogP contribution in [-0.2, 0) is 20.7 Å². The van der Waals surface area contributed by atoms with E-state index in [0.717, 1.165) is 0 Å². The lowest BCUT2D eigenvalue weighted by molar-refractivity contribution is -0.194. The van der Waals surface area contributed by atoms with Crippen molar-refractivity contribution in [2.24, 2.45) is 5.41 Å². The smallest absolute Gasteiger partial charge is 0.330 e. The molecule has 2 N–H and O–H groups in total. The van der Waals surface area contributed by atoms with Crippen LogP contribution in [0.15, 0.2) is 4.52 Å². The molecule has 8 nitrogen and oxygen atoms in total. The Morgan fingerprint density at radius 3 is 2.60 bits per heavy atom. The van der Waals surface area contributed by atoms with Gasteiger partial charge in [0.05, 0.1) is 6.10 Å². The fraction of sp³-hybridized carbons (Fsp3) is 0.765. The summed E-state index contributed by atoms with van der Waals surface area (Å²) in [5.41, 5.74) is -2.01. The topological polar surface area (TPSA) is 115 Å². The number of amides is 1. The molecule has 0 spiro atoms. The summed E-state index contributed by atoms with van der Waals surface area (Å²) in [6.07, 6.45) is 0.423. The Balaban J connectivity index is 1.98. The molecule has 1 heterocycles. The molecule has 1 fully saturated rings. The van der Waals surface area contributed by atoms with Gasteiger partial charge in [-0.2, -0.15) is 4.98 Å². The van der Waals surface area contributed by atoms with Gasteiger partial charge in [0.2, 0.25) is 11.8 Å². The number of hydrogen-bond acceptors (Lipinski definition) is 6. The van der Waals surface area contributed by atoms with Crippen molar-refractivity contribution < 1.29 is 24.0 Å². The van der Waals surface area contributed by atoms with Crippen LogP contribution >= 0.6 is 0 Å². The van der Waals surface area contributed by atoms with E-state index in [1.807, 2.05) is 20.8 Å². The predicted octanol–water partition coefficient (Wildman–Crippen LogP) is 1.90. The van der Waals surface area contributed by atoms with Gasteiger partial charge in [-0.3, -0.25) is 4.79 Å². The molecule has 0 aromatic carbocycles. The van der Waals surface area contributed by atoms with Crippen molar-refractivity contribution in [2.75, 3.05) is 6.61 Å². The highest BCUT2D eigenvalue weighted by Gasteiger charge is 2.66. The number of aryl methyl sites for hydroxylation is 1. The number of aromatic nitrogens is 2. The van der Waals surface area contributed by atoms with Crippen molar-refractivity contribution in [2.45, 2.75) is 71.4 Å². The number of carbonyl (C=O) groups is 2. The summed E-state index contributed by atoms with van der Waals surface area (Å²) >= 11 is 0. The van der Waals surface area contributed by atoms with Gasteiger partial charge in [-0.15, -0.1) is 0 Å². The Kier molecular flexibility index (Phi) is 5.51. The van der Waals surface area contributed by atoms with Crippen molar-refractivity contribution in [1.29, 1.82) is 0 Å². The molecular formula is C17H27N3O5. The summed E-state index contributed by atoms with van der Waals surface area (Å²) in [7, 11) is 0. The summed E-state index contributed by atoms with van der Waals surface area (Å²) in [5, 5.41) is 16.2. The average molecular weight is 353 g/mol. The van der Waals surface area contributed by atoms with Gasteiger partial charge in [0.1, 0.15) is 5.54 Å². The monoisotopic (exact) mass is 353 g/mol. The maximum atomic E-state index is 12.3. The Labute approximate surface area is 147 Å². The molecule has 2 atom stereocenters. The molecule has 0 aliphatic heterocycles. The molecule has 140 valence electrons. The van der Waals surface area contributed by atoms with Gasteiger partial charge in [0.25, 0.3) is 0 Å².